The van der Waals surface area contributed by atoms with Crippen molar-refractivity contribution in [2.45, 2.75) is 13.1 Å². The number of rotatable bonds is 4. The van der Waals surface area contributed by atoms with Gasteiger partial charge >= 0.3 is 6.18 Å². The van der Waals surface area contributed by atoms with E-state index in [1.54, 1.807) is 0 Å². The van der Waals surface area contributed by atoms with Gasteiger partial charge in [0.15, 0.2) is 5.82 Å². The van der Waals surface area contributed by atoms with Gasteiger partial charge in [-0.15, -0.1) is 5.10 Å². The van der Waals surface area contributed by atoms with E-state index in [9.17, 15) is 13.2 Å². The number of halogens is 4. The van der Waals surface area contributed by atoms with Crippen LogP contribution >= 0.6 is 11.6 Å². The lowest BCUT2D eigenvalue weighted by Gasteiger charge is -2.12. The Morgan fingerprint density at radius 1 is 1.04 bits per heavy atom. The highest BCUT2D eigenvalue weighted by Crippen LogP contribution is 2.36. The van der Waals surface area contributed by atoms with Crippen LogP contribution in [-0.2, 0) is 6.18 Å². The Balaban J connectivity index is 1.82. The molecule has 0 amide bonds. The number of hydrogen-bond donors (Lipinski definition) is 2. The largest absolute Gasteiger partial charge is 0.417 e. The molecule has 0 atom stereocenters. The maximum absolute atomic E-state index is 12.9. The first-order valence-corrected chi connectivity index (χ1v) is 7.87. The van der Waals surface area contributed by atoms with Crippen LogP contribution in [0, 0.1) is 6.92 Å². The Labute approximate surface area is 152 Å². The third kappa shape index (κ3) is 4.20. The molecule has 134 valence electrons. The summed E-state index contributed by atoms with van der Waals surface area (Å²) in [4.78, 5) is 4.21. The molecule has 2 N–H and O–H groups in total. The summed E-state index contributed by atoms with van der Waals surface area (Å²) in [5.41, 5.74) is 1.06. The Hall–Kier alpha value is -2.87. The van der Waals surface area contributed by atoms with Crippen molar-refractivity contribution in [2.75, 3.05) is 10.6 Å². The fourth-order valence-electron chi connectivity index (χ4n) is 2.22. The Morgan fingerprint density at radius 2 is 1.81 bits per heavy atom. The third-order valence-electron chi connectivity index (χ3n) is 3.49. The second kappa shape index (κ2) is 7.17. The highest BCUT2D eigenvalue weighted by Gasteiger charge is 2.33. The van der Waals surface area contributed by atoms with Gasteiger partial charge in [-0.05, 0) is 36.8 Å². The molecular formula is C17H13ClF3N5. The van der Waals surface area contributed by atoms with E-state index in [0.29, 0.717) is 5.82 Å². The van der Waals surface area contributed by atoms with Crippen molar-refractivity contribution in [1.82, 2.24) is 15.2 Å². The van der Waals surface area contributed by atoms with Gasteiger partial charge in [-0.3, -0.25) is 0 Å². The molecule has 0 bridgehead atoms. The predicted molar refractivity (Wildman–Crippen MR) is 94.0 cm³/mol. The summed E-state index contributed by atoms with van der Waals surface area (Å²) in [6, 6.07) is 11.0. The van der Waals surface area contributed by atoms with Gasteiger partial charge in [0.2, 0.25) is 5.95 Å². The SMILES string of the molecule is Cc1ccccc1Nc1cnnc(Nc2ccc(Cl)c(C(F)(F)F)c2)n1. The van der Waals surface area contributed by atoms with E-state index in [1.807, 2.05) is 31.2 Å². The lowest BCUT2D eigenvalue weighted by Crippen LogP contribution is -2.07. The topological polar surface area (TPSA) is 62.7 Å². The number of nitrogens with zero attached hydrogens (tertiary/aromatic N) is 3. The van der Waals surface area contributed by atoms with Crippen LogP contribution in [0.5, 0.6) is 0 Å². The minimum absolute atomic E-state index is 0.0547. The molecule has 0 radical (unpaired) electrons. The maximum atomic E-state index is 12.9. The second-order valence-electron chi connectivity index (χ2n) is 5.42. The first-order valence-electron chi connectivity index (χ1n) is 7.49. The average molecular weight is 380 g/mol. The van der Waals surface area contributed by atoms with Gasteiger partial charge in [-0.25, -0.2) is 0 Å². The minimum atomic E-state index is -4.55. The molecule has 0 unspecified atom stereocenters. The van der Waals surface area contributed by atoms with Gasteiger partial charge in [0.25, 0.3) is 0 Å². The Bertz CT molecular complexity index is 930. The van der Waals surface area contributed by atoms with Crippen molar-refractivity contribution < 1.29 is 13.2 Å². The second-order valence-corrected chi connectivity index (χ2v) is 5.83. The zero-order valence-corrected chi connectivity index (χ0v) is 14.2. The van der Waals surface area contributed by atoms with E-state index in [4.69, 9.17) is 11.6 Å². The van der Waals surface area contributed by atoms with Gasteiger partial charge in [-0.2, -0.15) is 23.3 Å². The van der Waals surface area contributed by atoms with E-state index < -0.39 is 11.7 Å². The summed E-state index contributed by atoms with van der Waals surface area (Å²) in [6.07, 6.45) is -3.14. The number of hydrogen-bond acceptors (Lipinski definition) is 5. The number of nitrogens with one attached hydrogen (secondary N) is 2. The van der Waals surface area contributed by atoms with Crippen LogP contribution in [0.25, 0.3) is 0 Å². The molecule has 1 aromatic heterocycles. The summed E-state index contributed by atoms with van der Waals surface area (Å²) in [7, 11) is 0. The Kier molecular flexibility index (Phi) is 4.94. The number of anilines is 4. The highest BCUT2D eigenvalue weighted by molar-refractivity contribution is 6.31. The fourth-order valence-corrected chi connectivity index (χ4v) is 2.44. The molecule has 5 nitrogen and oxygen atoms in total. The molecule has 9 heteroatoms. The molecule has 26 heavy (non-hydrogen) atoms. The van der Waals surface area contributed by atoms with E-state index in [1.165, 1.54) is 12.3 Å². The van der Waals surface area contributed by atoms with Crippen molar-refractivity contribution in [3.63, 3.8) is 0 Å². The number of aromatic nitrogens is 3. The zero-order valence-electron chi connectivity index (χ0n) is 13.5. The van der Waals surface area contributed by atoms with Gasteiger partial charge in [0, 0.05) is 11.4 Å². The molecule has 1 heterocycles. The lowest BCUT2D eigenvalue weighted by molar-refractivity contribution is -0.137. The third-order valence-corrected chi connectivity index (χ3v) is 3.82. The molecule has 3 aromatic rings. The van der Waals surface area contributed by atoms with E-state index in [2.05, 4.69) is 25.8 Å². The summed E-state index contributed by atoms with van der Waals surface area (Å²) in [5.74, 6) is 0.459. The van der Waals surface area contributed by atoms with Crippen LogP contribution in [0.1, 0.15) is 11.1 Å². The van der Waals surface area contributed by atoms with Gasteiger partial charge in [-0.1, -0.05) is 29.8 Å². The number of alkyl halides is 3. The van der Waals surface area contributed by atoms with Crippen LogP contribution in [0.2, 0.25) is 5.02 Å². The monoisotopic (exact) mass is 379 g/mol. The van der Waals surface area contributed by atoms with Crippen molar-refractivity contribution in [3.05, 3.63) is 64.8 Å². The van der Waals surface area contributed by atoms with Crippen LogP contribution in [0.15, 0.2) is 48.7 Å². The van der Waals surface area contributed by atoms with Crippen LogP contribution in [0.3, 0.4) is 0 Å². The normalized spacial score (nSPS) is 11.3. The quantitative estimate of drug-likeness (QED) is 0.640. The number of para-hydroxylation sites is 1. The molecule has 0 spiro atoms. The molecular weight excluding hydrogens is 367 g/mol. The van der Waals surface area contributed by atoms with Gasteiger partial charge in [0.05, 0.1) is 16.8 Å². The van der Waals surface area contributed by atoms with E-state index in [0.717, 1.165) is 23.4 Å². The minimum Gasteiger partial charge on any atom is -0.339 e. The Morgan fingerprint density at radius 3 is 2.54 bits per heavy atom. The number of aryl methyl sites for hydroxylation is 1. The summed E-state index contributed by atoms with van der Waals surface area (Å²) in [6.45, 7) is 1.93. The lowest BCUT2D eigenvalue weighted by atomic mass is 10.2. The zero-order chi connectivity index (χ0) is 18.7. The van der Waals surface area contributed by atoms with Crippen LogP contribution in [-0.4, -0.2) is 15.2 Å². The fraction of sp³-hybridized carbons (Fsp3) is 0.118. The van der Waals surface area contributed by atoms with E-state index in [-0.39, 0.29) is 16.7 Å². The molecule has 0 fully saturated rings. The molecule has 0 aliphatic carbocycles. The molecule has 0 aliphatic rings. The maximum Gasteiger partial charge on any atom is 0.417 e. The van der Waals surface area contributed by atoms with Gasteiger partial charge < -0.3 is 10.6 Å². The standard InChI is InChI=1S/C17H13ClF3N5/c1-10-4-2-3-5-14(10)24-15-9-22-26-16(25-15)23-11-6-7-13(18)12(8-11)17(19,20)21/h2-9H,1H3,(H2,23,24,25,26). The average Bonchev–Trinajstić information content (AvgIpc) is 2.58. The number of benzene rings is 2. The van der Waals surface area contributed by atoms with Crippen LogP contribution in [0.4, 0.5) is 36.3 Å². The summed E-state index contributed by atoms with van der Waals surface area (Å²) < 4.78 is 38.8. The van der Waals surface area contributed by atoms with Crippen molar-refractivity contribution in [1.29, 1.82) is 0 Å². The molecule has 0 saturated carbocycles. The predicted octanol–water partition coefficient (Wildman–Crippen LogP) is 5.34. The first kappa shape index (κ1) is 17.9. The van der Waals surface area contributed by atoms with Crippen LogP contribution < -0.4 is 10.6 Å². The molecule has 0 aliphatic heterocycles. The smallest absolute Gasteiger partial charge is 0.339 e. The highest BCUT2D eigenvalue weighted by atomic mass is 35.5. The van der Waals surface area contributed by atoms with Crippen molar-refractivity contribution in [3.8, 4) is 0 Å². The van der Waals surface area contributed by atoms with Gasteiger partial charge in [0.1, 0.15) is 0 Å². The molecule has 2 aromatic carbocycles. The summed E-state index contributed by atoms with van der Waals surface area (Å²) >= 11 is 5.61. The van der Waals surface area contributed by atoms with Crippen molar-refractivity contribution in [2.24, 2.45) is 0 Å². The molecule has 0 saturated heterocycles. The van der Waals surface area contributed by atoms with Crippen molar-refractivity contribution >= 4 is 34.7 Å². The molecule has 3 rings (SSSR count). The first-order chi connectivity index (χ1) is 12.3. The van der Waals surface area contributed by atoms with E-state index >= 15 is 0 Å². The summed E-state index contributed by atoms with van der Waals surface area (Å²) in [5, 5.41) is 13.0.